The number of aromatic nitrogens is 4. The summed E-state index contributed by atoms with van der Waals surface area (Å²) in [6, 6.07) is 1.73. The molecule has 0 saturated carbocycles. The molecule has 0 fully saturated rings. The largest absolute Gasteiger partial charge is 0.496 e. The van der Waals surface area contributed by atoms with E-state index in [1.54, 1.807) is 25.6 Å². The van der Waals surface area contributed by atoms with E-state index in [4.69, 9.17) is 9.15 Å². The molecule has 0 aromatic carbocycles. The second kappa shape index (κ2) is 3.48. The molecule has 3 aromatic heterocycles. The van der Waals surface area contributed by atoms with Gasteiger partial charge in [0.15, 0.2) is 0 Å². The molecule has 2 N–H and O–H groups in total. The van der Waals surface area contributed by atoms with Crippen molar-refractivity contribution < 1.29 is 9.15 Å². The number of ether oxygens (including phenoxy) is 1. The fourth-order valence-electron chi connectivity index (χ4n) is 1.71. The minimum absolute atomic E-state index is 0.201. The summed E-state index contributed by atoms with van der Waals surface area (Å²) in [6.45, 7) is 0. The summed E-state index contributed by atoms with van der Waals surface area (Å²) < 4.78 is 10.1. The topological polar surface area (TPSA) is 96.8 Å². The summed E-state index contributed by atoms with van der Waals surface area (Å²) in [5.41, 5.74) is 1.27. The van der Waals surface area contributed by atoms with Crippen LogP contribution in [0.3, 0.4) is 0 Å². The zero-order valence-electron chi connectivity index (χ0n) is 8.85. The molecule has 86 valence electrons. The second-order valence-corrected chi connectivity index (χ2v) is 3.36. The maximum atomic E-state index is 10.9. The number of pyridine rings is 1. The number of rotatable bonds is 2. The van der Waals surface area contributed by atoms with E-state index >= 15 is 0 Å². The summed E-state index contributed by atoms with van der Waals surface area (Å²) in [5, 5.41) is 6.72. The van der Waals surface area contributed by atoms with E-state index in [2.05, 4.69) is 20.2 Å². The van der Waals surface area contributed by atoms with Gasteiger partial charge >= 0.3 is 5.76 Å². The predicted molar refractivity (Wildman–Crippen MR) is 58.8 cm³/mol. The van der Waals surface area contributed by atoms with Gasteiger partial charge in [0.25, 0.3) is 5.89 Å². The van der Waals surface area contributed by atoms with Crippen molar-refractivity contribution in [3.05, 3.63) is 29.0 Å². The third kappa shape index (κ3) is 1.40. The van der Waals surface area contributed by atoms with Crippen molar-refractivity contribution in [3.8, 4) is 17.2 Å². The Labute approximate surface area is 94.4 Å². The van der Waals surface area contributed by atoms with Crippen molar-refractivity contribution >= 4 is 11.0 Å². The summed E-state index contributed by atoms with van der Waals surface area (Å²) in [4.78, 5) is 18.0. The van der Waals surface area contributed by atoms with E-state index < -0.39 is 5.76 Å². The third-order valence-electron chi connectivity index (χ3n) is 2.42. The van der Waals surface area contributed by atoms with Crippen LogP contribution in [0.15, 0.2) is 27.7 Å². The molecule has 0 saturated heterocycles. The highest BCUT2D eigenvalue weighted by molar-refractivity contribution is 5.95. The first-order valence-electron chi connectivity index (χ1n) is 4.85. The van der Waals surface area contributed by atoms with Gasteiger partial charge in [0.1, 0.15) is 11.4 Å². The lowest BCUT2D eigenvalue weighted by atomic mass is 10.2. The first-order chi connectivity index (χ1) is 8.29. The molecule has 17 heavy (non-hydrogen) atoms. The molecule has 0 atom stereocenters. The Bertz CT molecular complexity index is 724. The second-order valence-electron chi connectivity index (χ2n) is 3.36. The molecule has 7 heteroatoms. The molecule has 0 amide bonds. The van der Waals surface area contributed by atoms with Gasteiger partial charge in [0.05, 0.1) is 18.1 Å². The predicted octanol–water partition coefficient (Wildman–Crippen LogP) is 0.915. The number of nitrogens with zero attached hydrogens (tertiary/aromatic N) is 2. The zero-order chi connectivity index (χ0) is 11.8. The van der Waals surface area contributed by atoms with Gasteiger partial charge in [-0.15, -0.1) is 5.10 Å². The Balaban J connectivity index is 2.33. The maximum Gasteiger partial charge on any atom is 0.434 e. The lowest BCUT2D eigenvalue weighted by Gasteiger charge is -2.01. The molecule has 7 nitrogen and oxygen atoms in total. The van der Waals surface area contributed by atoms with Crippen molar-refractivity contribution in [1.29, 1.82) is 0 Å². The van der Waals surface area contributed by atoms with Crippen LogP contribution >= 0.6 is 0 Å². The average Bonchev–Trinajstić information content (AvgIpc) is 2.94. The van der Waals surface area contributed by atoms with Gasteiger partial charge < -0.3 is 14.1 Å². The Morgan fingerprint density at radius 2 is 2.35 bits per heavy atom. The van der Waals surface area contributed by atoms with Crippen LogP contribution in [-0.4, -0.2) is 27.3 Å². The molecule has 3 aromatic rings. The highest BCUT2D eigenvalue weighted by Crippen LogP contribution is 2.32. The summed E-state index contributed by atoms with van der Waals surface area (Å²) >= 11 is 0. The van der Waals surface area contributed by atoms with Crippen LogP contribution < -0.4 is 10.5 Å². The average molecular weight is 232 g/mol. The molecule has 3 heterocycles. The van der Waals surface area contributed by atoms with E-state index in [0.717, 1.165) is 5.39 Å². The summed E-state index contributed by atoms with van der Waals surface area (Å²) in [6.07, 6.45) is 3.29. The third-order valence-corrected chi connectivity index (χ3v) is 2.42. The number of aromatic amines is 2. The highest BCUT2D eigenvalue weighted by Gasteiger charge is 2.15. The molecule has 0 aliphatic rings. The standard InChI is InChI=1S/C10H8N4O3/c1-16-6-2-3-11-8-7(6)5(4-12-8)9-13-14-10(15)17-9/h2-4H,1H3,(H,11,12)(H,14,15). The van der Waals surface area contributed by atoms with Gasteiger partial charge in [-0.1, -0.05) is 0 Å². The zero-order valence-corrected chi connectivity index (χ0v) is 8.85. The maximum absolute atomic E-state index is 10.9. The lowest BCUT2D eigenvalue weighted by molar-refractivity contribution is 0.419. The van der Waals surface area contributed by atoms with Gasteiger partial charge in [-0.25, -0.2) is 14.9 Å². The minimum Gasteiger partial charge on any atom is -0.496 e. The van der Waals surface area contributed by atoms with E-state index in [-0.39, 0.29) is 5.89 Å². The summed E-state index contributed by atoms with van der Waals surface area (Å²) in [5.74, 6) is 0.238. The Morgan fingerprint density at radius 3 is 3.06 bits per heavy atom. The minimum atomic E-state index is -0.600. The van der Waals surface area contributed by atoms with E-state index in [1.807, 2.05) is 0 Å². The van der Waals surface area contributed by atoms with Crippen LogP contribution in [0, 0.1) is 0 Å². The van der Waals surface area contributed by atoms with Gasteiger partial charge in [0.2, 0.25) is 0 Å². The molecular formula is C10H8N4O3. The smallest absolute Gasteiger partial charge is 0.434 e. The van der Waals surface area contributed by atoms with Crippen LogP contribution in [0.5, 0.6) is 5.75 Å². The molecule has 0 unspecified atom stereocenters. The SMILES string of the molecule is COc1ccnc2[nH]cc(-c3n[nH]c(=O)o3)c12. The monoisotopic (exact) mass is 232 g/mol. The lowest BCUT2D eigenvalue weighted by Crippen LogP contribution is -1.93. The molecule has 0 aliphatic carbocycles. The summed E-state index contributed by atoms with van der Waals surface area (Å²) in [7, 11) is 1.56. The number of fused-ring (bicyclic) bond motifs is 1. The van der Waals surface area contributed by atoms with Crippen LogP contribution in [0.25, 0.3) is 22.5 Å². The van der Waals surface area contributed by atoms with E-state index in [1.165, 1.54) is 0 Å². The molecule has 0 radical (unpaired) electrons. The van der Waals surface area contributed by atoms with E-state index in [9.17, 15) is 4.79 Å². The molecule has 3 rings (SSSR count). The van der Waals surface area contributed by atoms with E-state index in [0.29, 0.717) is 17.0 Å². The number of hydrogen-bond acceptors (Lipinski definition) is 5. The number of nitrogens with one attached hydrogen (secondary N) is 2. The molecule has 0 spiro atoms. The normalized spacial score (nSPS) is 10.9. The first kappa shape index (κ1) is 9.64. The highest BCUT2D eigenvalue weighted by atomic mass is 16.5. The number of hydrogen-bond donors (Lipinski definition) is 2. The van der Waals surface area contributed by atoms with Crippen molar-refractivity contribution in [2.24, 2.45) is 0 Å². The van der Waals surface area contributed by atoms with Crippen LogP contribution in [-0.2, 0) is 0 Å². The van der Waals surface area contributed by atoms with Crippen LogP contribution in [0.4, 0.5) is 0 Å². The van der Waals surface area contributed by atoms with Crippen molar-refractivity contribution in [2.45, 2.75) is 0 Å². The fourth-order valence-corrected chi connectivity index (χ4v) is 1.71. The van der Waals surface area contributed by atoms with Crippen molar-refractivity contribution in [3.63, 3.8) is 0 Å². The quantitative estimate of drug-likeness (QED) is 0.684. The molecular weight excluding hydrogens is 224 g/mol. The van der Waals surface area contributed by atoms with Crippen LogP contribution in [0.1, 0.15) is 0 Å². The van der Waals surface area contributed by atoms with Crippen molar-refractivity contribution in [1.82, 2.24) is 20.2 Å². The molecule has 0 aliphatic heterocycles. The van der Waals surface area contributed by atoms with Gasteiger partial charge in [-0.05, 0) is 6.07 Å². The van der Waals surface area contributed by atoms with Crippen molar-refractivity contribution in [2.75, 3.05) is 7.11 Å². The fraction of sp³-hybridized carbons (Fsp3) is 0.100. The van der Waals surface area contributed by atoms with Crippen LogP contribution in [0.2, 0.25) is 0 Å². The Morgan fingerprint density at radius 1 is 1.47 bits per heavy atom. The Kier molecular flexibility index (Phi) is 1.97. The van der Waals surface area contributed by atoms with Gasteiger partial charge in [0, 0.05) is 12.4 Å². The Hall–Kier alpha value is -2.57. The number of H-pyrrole nitrogens is 2. The number of methoxy groups -OCH3 is 1. The first-order valence-corrected chi connectivity index (χ1v) is 4.85. The van der Waals surface area contributed by atoms with Gasteiger partial charge in [-0.2, -0.15) is 0 Å². The molecule has 0 bridgehead atoms. The van der Waals surface area contributed by atoms with Gasteiger partial charge in [-0.3, -0.25) is 0 Å².